The zero-order valence-electron chi connectivity index (χ0n) is 12.9. The van der Waals surface area contributed by atoms with E-state index in [1.54, 1.807) is 0 Å². The van der Waals surface area contributed by atoms with Crippen LogP contribution in [0.25, 0.3) is 0 Å². The minimum absolute atomic E-state index is 0.797. The zero-order chi connectivity index (χ0) is 14.7. The average Bonchev–Trinajstić information content (AvgIpc) is 2.47. The van der Waals surface area contributed by atoms with Gasteiger partial charge in [0.1, 0.15) is 0 Å². The van der Waals surface area contributed by atoms with E-state index in [-0.39, 0.29) is 0 Å². The van der Waals surface area contributed by atoms with Gasteiger partial charge in [0.25, 0.3) is 0 Å². The molecule has 0 saturated carbocycles. The smallest absolute Gasteiger partial charge is 0.0426 e. The van der Waals surface area contributed by atoms with Crippen LogP contribution in [0.15, 0.2) is 24.3 Å². The Kier molecular flexibility index (Phi) is 5.04. The predicted molar refractivity (Wildman–Crippen MR) is 90.1 cm³/mol. The molecular weight excluding hydrogens is 282 g/mol. The molecule has 0 bridgehead atoms. The number of hydrogen-bond donors (Lipinski definition) is 1. The van der Waals surface area contributed by atoms with E-state index in [2.05, 4.69) is 28.2 Å². The third-order valence-corrected chi connectivity index (χ3v) is 5.25. The standard InChI is InChI=1S/C17H26ClN3/c1-20-9-3-4-14-13-21(10-7-17(14)20)11-8-19-16-6-2-5-15(18)12-16/h2,5-6,12,14,17,19H,3-4,7-11,13H2,1H3. The first kappa shape index (κ1) is 15.1. The van der Waals surface area contributed by atoms with Crippen molar-refractivity contribution in [2.24, 2.45) is 5.92 Å². The highest BCUT2D eigenvalue weighted by atomic mass is 35.5. The Bertz CT molecular complexity index is 465. The van der Waals surface area contributed by atoms with E-state index < -0.39 is 0 Å². The van der Waals surface area contributed by atoms with Gasteiger partial charge in [-0.1, -0.05) is 17.7 Å². The molecule has 0 aliphatic carbocycles. The normalized spacial score (nSPS) is 27.3. The summed E-state index contributed by atoms with van der Waals surface area (Å²) in [6, 6.07) is 8.80. The van der Waals surface area contributed by atoms with E-state index in [4.69, 9.17) is 11.6 Å². The van der Waals surface area contributed by atoms with Gasteiger partial charge in [-0.25, -0.2) is 0 Å². The molecule has 3 rings (SSSR count). The number of rotatable bonds is 4. The van der Waals surface area contributed by atoms with Gasteiger partial charge in [0.05, 0.1) is 0 Å². The van der Waals surface area contributed by atoms with E-state index in [1.807, 2.05) is 18.2 Å². The highest BCUT2D eigenvalue weighted by Gasteiger charge is 2.33. The van der Waals surface area contributed by atoms with Crippen LogP contribution >= 0.6 is 11.6 Å². The number of nitrogens with zero attached hydrogens (tertiary/aromatic N) is 2. The summed E-state index contributed by atoms with van der Waals surface area (Å²) in [6.07, 6.45) is 4.11. The molecular formula is C17H26ClN3. The molecule has 2 atom stereocenters. The van der Waals surface area contributed by atoms with E-state index in [0.717, 1.165) is 35.8 Å². The average molecular weight is 308 g/mol. The number of likely N-dealkylation sites (tertiary alicyclic amines) is 2. The van der Waals surface area contributed by atoms with Gasteiger partial charge in [-0.15, -0.1) is 0 Å². The first-order valence-electron chi connectivity index (χ1n) is 8.14. The zero-order valence-corrected chi connectivity index (χ0v) is 13.6. The first-order chi connectivity index (χ1) is 10.2. The Morgan fingerprint density at radius 3 is 3.05 bits per heavy atom. The summed E-state index contributed by atoms with van der Waals surface area (Å²) in [7, 11) is 2.30. The molecule has 4 heteroatoms. The Labute approximate surface area is 133 Å². The third-order valence-electron chi connectivity index (χ3n) is 5.01. The maximum atomic E-state index is 6.01. The first-order valence-corrected chi connectivity index (χ1v) is 8.52. The van der Waals surface area contributed by atoms with Crippen molar-refractivity contribution in [3.8, 4) is 0 Å². The molecule has 0 spiro atoms. The monoisotopic (exact) mass is 307 g/mol. The molecule has 2 aliphatic heterocycles. The van der Waals surface area contributed by atoms with Crippen LogP contribution in [0, 0.1) is 5.92 Å². The number of fused-ring (bicyclic) bond motifs is 1. The van der Waals surface area contributed by atoms with Crippen LogP contribution in [-0.4, -0.2) is 55.6 Å². The quantitative estimate of drug-likeness (QED) is 0.922. The molecule has 2 heterocycles. The lowest BCUT2D eigenvalue weighted by Crippen LogP contribution is -2.53. The molecule has 1 aromatic rings. The van der Waals surface area contributed by atoms with Crippen LogP contribution in [0.2, 0.25) is 5.02 Å². The van der Waals surface area contributed by atoms with Crippen molar-refractivity contribution in [3.05, 3.63) is 29.3 Å². The molecule has 1 N–H and O–H groups in total. The number of hydrogen-bond acceptors (Lipinski definition) is 3. The highest BCUT2D eigenvalue weighted by Crippen LogP contribution is 2.29. The maximum Gasteiger partial charge on any atom is 0.0426 e. The summed E-state index contributed by atoms with van der Waals surface area (Å²) < 4.78 is 0. The summed E-state index contributed by atoms with van der Waals surface area (Å²) in [5, 5.41) is 4.27. The van der Waals surface area contributed by atoms with Gasteiger partial charge in [0, 0.05) is 36.4 Å². The van der Waals surface area contributed by atoms with Gasteiger partial charge < -0.3 is 15.1 Å². The fourth-order valence-electron chi connectivity index (χ4n) is 3.89. The van der Waals surface area contributed by atoms with E-state index in [0.29, 0.717) is 0 Å². The van der Waals surface area contributed by atoms with Crippen molar-refractivity contribution < 1.29 is 0 Å². The van der Waals surface area contributed by atoms with Crippen LogP contribution in [0.1, 0.15) is 19.3 Å². The van der Waals surface area contributed by atoms with E-state index in [1.165, 1.54) is 38.9 Å². The van der Waals surface area contributed by atoms with E-state index in [9.17, 15) is 0 Å². The second kappa shape index (κ2) is 6.99. The molecule has 0 radical (unpaired) electrons. The molecule has 116 valence electrons. The number of benzene rings is 1. The lowest BCUT2D eigenvalue weighted by atomic mass is 9.84. The summed E-state index contributed by atoms with van der Waals surface area (Å²) in [4.78, 5) is 5.20. The lowest BCUT2D eigenvalue weighted by molar-refractivity contribution is 0.0403. The molecule has 2 unspecified atom stereocenters. The van der Waals surface area contributed by atoms with Gasteiger partial charge in [-0.05, 0) is 63.5 Å². The van der Waals surface area contributed by atoms with Crippen molar-refractivity contribution in [2.75, 3.05) is 45.1 Å². The van der Waals surface area contributed by atoms with Crippen molar-refractivity contribution in [3.63, 3.8) is 0 Å². The minimum Gasteiger partial charge on any atom is -0.384 e. The van der Waals surface area contributed by atoms with Crippen molar-refractivity contribution in [1.29, 1.82) is 0 Å². The van der Waals surface area contributed by atoms with Crippen LogP contribution in [-0.2, 0) is 0 Å². The lowest BCUT2D eigenvalue weighted by Gasteiger charge is -2.46. The van der Waals surface area contributed by atoms with Crippen molar-refractivity contribution >= 4 is 17.3 Å². The van der Waals surface area contributed by atoms with E-state index >= 15 is 0 Å². The molecule has 2 saturated heterocycles. The Morgan fingerprint density at radius 1 is 1.29 bits per heavy atom. The highest BCUT2D eigenvalue weighted by molar-refractivity contribution is 6.30. The van der Waals surface area contributed by atoms with Crippen LogP contribution < -0.4 is 5.32 Å². The second-order valence-corrected chi connectivity index (χ2v) is 6.91. The molecule has 0 aromatic heterocycles. The molecule has 2 aliphatic rings. The fourth-order valence-corrected chi connectivity index (χ4v) is 4.08. The Morgan fingerprint density at radius 2 is 2.19 bits per heavy atom. The fraction of sp³-hybridized carbons (Fsp3) is 0.647. The summed E-state index contributed by atoms with van der Waals surface area (Å²) >= 11 is 6.01. The Hall–Kier alpha value is -0.770. The Balaban J connectivity index is 1.44. The number of anilines is 1. The number of halogens is 1. The molecule has 3 nitrogen and oxygen atoms in total. The van der Waals surface area contributed by atoms with Crippen LogP contribution in [0.4, 0.5) is 5.69 Å². The SMILES string of the molecule is CN1CCCC2CN(CCNc3cccc(Cl)c3)CCC21. The topological polar surface area (TPSA) is 18.5 Å². The number of piperidine rings is 2. The van der Waals surface area contributed by atoms with Crippen molar-refractivity contribution in [2.45, 2.75) is 25.3 Å². The maximum absolute atomic E-state index is 6.01. The second-order valence-electron chi connectivity index (χ2n) is 6.48. The van der Waals surface area contributed by atoms with Crippen molar-refractivity contribution in [1.82, 2.24) is 9.80 Å². The van der Waals surface area contributed by atoms with Gasteiger partial charge in [-0.3, -0.25) is 0 Å². The summed E-state index contributed by atoms with van der Waals surface area (Å²) in [5.41, 5.74) is 1.12. The molecule has 0 amide bonds. The molecule has 2 fully saturated rings. The minimum atomic E-state index is 0.797. The predicted octanol–water partition coefficient (Wildman–Crippen LogP) is 3.17. The molecule has 21 heavy (non-hydrogen) atoms. The van der Waals surface area contributed by atoms with Crippen LogP contribution in [0.3, 0.4) is 0 Å². The van der Waals surface area contributed by atoms with Gasteiger partial charge in [0.15, 0.2) is 0 Å². The number of nitrogens with one attached hydrogen (secondary N) is 1. The largest absolute Gasteiger partial charge is 0.384 e. The summed E-state index contributed by atoms with van der Waals surface area (Å²) in [5.74, 6) is 0.878. The van der Waals surface area contributed by atoms with Crippen LogP contribution in [0.5, 0.6) is 0 Å². The van der Waals surface area contributed by atoms with Gasteiger partial charge >= 0.3 is 0 Å². The van der Waals surface area contributed by atoms with Gasteiger partial charge in [-0.2, -0.15) is 0 Å². The summed E-state index contributed by atoms with van der Waals surface area (Å²) in [6.45, 7) is 5.92. The molecule has 1 aromatic carbocycles. The van der Waals surface area contributed by atoms with Gasteiger partial charge in [0.2, 0.25) is 0 Å². The third kappa shape index (κ3) is 3.91.